The largest absolute Gasteiger partial charge is 0.490 e. The minimum atomic E-state index is -0.0204. The molecule has 0 aliphatic rings. The van der Waals surface area contributed by atoms with Crippen molar-refractivity contribution in [1.82, 2.24) is 0 Å². The number of hydrogen-bond donors (Lipinski definition) is 2. The molecule has 1 aromatic rings. The first-order valence-corrected chi connectivity index (χ1v) is 5.81. The summed E-state index contributed by atoms with van der Waals surface area (Å²) in [6.07, 6.45) is 0. The third-order valence-corrected chi connectivity index (χ3v) is 2.33. The summed E-state index contributed by atoms with van der Waals surface area (Å²) in [5, 5.41) is 18.0. The van der Waals surface area contributed by atoms with Crippen molar-refractivity contribution in [3.63, 3.8) is 0 Å². The molecule has 1 atom stereocenters. The van der Waals surface area contributed by atoms with Gasteiger partial charge in [-0.3, -0.25) is 0 Å². The Balaban J connectivity index is 2.75. The predicted molar refractivity (Wildman–Crippen MR) is 65.3 cm³/mol. The molecule has 17 heavy (non-hydrogen) atoms. The maximum atomic E-state index is 9.05. The summed E-state index contributed by atoms with van der Waals surface area (Å²) in [4.78, 5) is 0. The molecule has 0 aliphatic heterocycles. The van der Waals surface area contributed by atoms with Crippen LogP contribution in [-0.2, 0) is 6.61 Å². The fourth-order valence-corrected chi connectivity index (χ4v) is 1.32. The molecule has 0 saturated heterocycles. The fourth-order valence-electron chi connectivity index (χ4n) is 1.32. The minimum Gasteiger partial charge on any atom is -0.490 e. The quantitative estimate of drug-likeness (QED) is 0.759. The van der Waals surface area contributed by atoms with Gasteiger partial charge in [0.1, 0.15) is 0 Å². The van der Waals surface area contributed by atoms with E-state index in [1.165, 1.54) is 0 Å². The van der Waals surface area contributed by atoms with Gasteiger partial charge in [0, 0.05) is 12.5 Å². The van der Waals surface area contributed by atoms with Crippen LogP contribution >= 0.6 is 0 Å². The average molecular weight is 240 g/mol. The van der Waals surface area contributed by atoms with Crippen LogP contribution in [0.4, 0.5) is 0 Å². The number of benzene rings is 1. The van der Waals surface area contributed by atoms with Gasteiger partial charge < -0.3 is 19.7 Å². The smallest absolute Gasteiger partial charge is 0.161 e. The monoisotopic (exact) mass is 240 g/mol. The molecular formula is C13H20O4. The number of aliphatic hydroxyl groups is 2. The molecule has 4 nitrogen and oxygen atoms in total. The highest BCUT2D eigenvalue weighted by Gasteiger charge is 2.08. The molecule has 0 fully saturated rings. The Morgan fingerprint density at radius 3 is 2.53 bits per heavy atom. The highest BCUT2D eigenvalue weighted by molar-refractivity contribution is 5.42. The topological polar surface area (TPSA) is 58.9 Å². The minimum absolute atomic E-state index is 0.0204. The van der Waals surface area contributed by atoms with Crippen molar-refractivity contribution in [3.8, 4) is 11.5 Å². The molecule has 0 saturated carbocycles. The third-order valence-electron chi connectivity index (χ3n) is 2.33. The highest BCUT2D eigenvalue weighted by atomic mass is 16.5. The van der Waals surface area contributed by atoms with Gasteiger partial charge in [0.05, 0.1) is 19.8 Å². The van der Waals surface area contributed by atoms with Crippen LogP contribution in [0.1, 0.15) is 19.4 Å². The van der Waals surface area contributed by atoms with E-state index < -0.39 is 0 Å². The van der Waals surface area contributed by atoms with Crippen molar-refractivity contribution >= 4 is 0 Å². The average Bonchev–Trinajstić information content (AvgIpc) is 2.37. The summed E-state index contributed by atoms with van der Waals surface area (Å²) < 4.78 is 11.0. The van der Waals surface area contributed by atoms with Crippen LogP contribution in [0.3, 0.4) is 0 Å². The molecule has 2 N–H and O–H groups in total. The zero-order valence-corrected chi connectivity index (χ0v) is 10.3. The molecule has 1 aromatic carbocycles. The van der Waals surface area contributed by atoms with Crippen molar-refractivity contribution < 1.29 is 19.7 Å². The lowest BCUT2D eigenvalue weighted by atomic mass is 10.2. The van der Waals surface area contributed by atoms with Crippen LogP contribution < -0.4 is 9.47 Å². The lowest BCUT2D eigenvalue weighted by Gasteiger charge is -2.15. The summed E-state index contributed by atoms with van der Waals surface area (Å²) in [7, 11) is 0. The van der Waals surface area contributed by atoms with Crippen LogP contribution in [0, 0.1) is 5.92 Å². The van der Waals surface area contributed by atoms with E-state index in [9.17, 15) is 0 Å². The van der Waals surface area contributed by atoms with Gasteiger partial charge in [-0.25, -0.2) is 0 Å². The number of ether oxygens (including phenoxy) is 2. The first-order chi connectivity index (χ1) is 8.21. The molecule has 1 unspecified atom stereocenters. The van der Waals surface area contributed by atoms with Crippen molar-refractivity contribution in [2.45, 2.75) is 20.5 Å². The summed E-state index contributed by atoms with van der Waals surface area (Å²) in [5.41, 5.74) is 0.788. The van der Waals surface area contributed by atoms with Crippen LogP contribution in [0.15, 0.2) is 18.2 Å². The Bertz CT molecular complexity index is 338. The Hall–Kier alpha value is -1.26. The van der Waals surface area contributed by atoms with Gasteiger partial charge in [-0.2, -0.15) is 0 Å². The van der Waals surface area contributed by atoms with Gasteiger partial charge in [-0.1, -0.05) is 13.0 Å². The van der Waals surface area contributed by atoms with Crippen molar-refractivity contribution in [2.75, 3.05) is 19.8 Å². The first-order valence-electron chi connectivity index (χ1n) is 5.81. The van der Waals surface area contributed by atoms with Gasteiger partial charge >= 0.3 is 0 Å². The molecule has 4 heteroatoms. The molecule has 96 valence electrons. The van der Waals surface area contributed by atoms with E-state index in [-0.39, 0.29) is 19.1 Å². The zero-order chi connectivity index (χ0) is 12.7. The third kappa shape index (κ3) is 4.24. The van der Waals surface area contributed by atoms with E-state index in [0.29, 0.717) is 24.7 Å². The zero-order valence-electron chi connectivity index (χ0n) is 10.3. The second-order valence-corrected chi connectivity index (χ2v) is 3.97. The Morgan fingerprint density at radius 2 is 1.94 bits per heavy atom. The number of rotatable bonds is 7. The normalized spacial score (nSPS) is 12.2. The maximum absolute atomic E-state index is 9.05. The molecule has 0 heterocycles. The van der Waals surface area contributed by atoms with Gasteiger partial charge in [0.2, 0.25) is 0 Å². The van der Waals surface area contributed by atoms with E-state index in [2.05, 4.69) is 0 Å². The second kappa shape index (κ2) is 7.14. The maximum Gasteiger partial charge on any atom is 0.161 e. The highest BCUT2D eigenvalue weighted by Crippen LogP contribution is 2.28. The van der Waals surface area contributed by atoms with Crippen LogP contribution in [0.25, 0.3) is 0 Å². The van der Waals surface area contributed by atoms with Crippen LogP contribution in [-0.4, -0.2) is 30.0 Å². The lowest BCUT2D eigenvalue weighted by Crippen LogP contribution is -2.12. The van der Waals surface area contributed by atoms with Gasteiger partial charge in [0.15, 0.2) is 11.5 Å². The molecule has 0 amide bonds. The van der Waals surface area contributed by atoms with E-state index in [0.717, 1.165) is 5.56 Å². The Morgan fingerprint density at radius 1 is 1.18 bits per heavy atom. The molecule has 1 rings (SSSR count). The van der Waals surface area contributed by atoms with E-state index in [4.69, 9.17) is 19.7 Å². The molecular weight excluding hydrogens is 220 g/mol. The molecule has 0 bridgehead atoms. The predicted octanol–water partition coefficient (Wildman–Crippen LogP) is 1.58. The van der Waals surface area contributed by atoms with E-state index >= 15 is 0 Å². The first kappa shape index (κ1) is 13.8. The Labute approximate surface area is 102 Å². The van der Waals surface area contributed by atoms with E-state index in [1.807, 2.05) is 13.8 Å². The summed E-state index contributed by atoms with van der Waals surface area (Å²) >= 11 is 0. The summed E-state index contributed by atoms with van der Waals surface area (Å²) in [6.45, 7) is 4.86. The van der Waals surface area contributed by atoms with Gasteiger partial charge in [0.25, 0.3) is 0 Å². The summed E-state index contributed by atoms with van der Waals surface area (Å²) in [6, 6.07) is 5.34. The lowest BCUT2D eigenvalue weighted by molar-refractivity contribution is 0.170. The molecule has 0 aliphatic carbocycles. The van der Waals surface area contributed by atoms with Crippen LogP contribution in [0.5, 0.6) is 11.5 Å². The standard InChI is InChI=1S/C13H20O4/c1-3-16-13-6-11(8-15)4-5-12(13)17-9-10(2)7-14/h4-6,10,14-15H,3,7-9H2,1-2H3. The second-order valence-electron chi connectivity index (χ2n) is 3.97. The number of hydrogen-bond acceptors (Lipinski definition) is 4. The summed E-state index contributed by atoms with van der Waals surface area (Å²) in [5.74, 6) is 1.36. The van der Waals surface area contributed by atoms with Gasteiger partial charge in [-0.15, -0.1) is 0 Å². The molecule has 0 spiro atoms. The fraction of sp³-hybridized carbons (Fsp3) is 0.538. The van der Waals surface area contributed by atoms with E-state index in [1.54, 1.807) is 18.2 Å². The van der Waals surface area contributed by atoms with Gasteiger partial charge in [-0.05, 0) is 24.6 Å². The number of aliphatic hydroxyl groups excluding tert-OH is 2. The Kier molecular flexibility index (Phi) is 5.80. The SMILES string of the molecule is CCOc1cc(CO)ccc1OCC(C)CO. The van der Waals surface area contributed by atoms with Crippen molar-refractivity contribution in [3.05, 3.63) is 23.8 Å². The van der Waals surface area contributed by atoms with Crippen LogP contribution in [0.2, 0.25) is 0 Å². The molecule has 0 aromatic heterocycles. The molecule has 0 radical (unpaired) electrons. The van der Waals surface area contributed by atoms with Crippen molar-refractivity contribution in [1.29, 1.82) is 0 Å². The van der Waals surface area contributed by atoms with Crippen molar-refractivity contribution in [2.24, 2.45) is 5.92 Å².